The Morgan fingerprint density at radius 1 is 1.00 bits per heavy atom. The van der Waals surface area contributed by atoms with E-state index in [9.17, 15) is 14.0 Å². The van der Waals surface area contributed by atoms with Gasteiger partial charge in [0.1, 0.15) is 11.6 Å². The maximum absolute atomic E-state index is 12.8. The normalized spacial score (nSPS) is 12.8. The molecule has 2 rings (SSSR count). The molecular weight excluding hydrogens is 349 g/mol. The van der Waals surface area contributed by atoms with Crippen LogP contribution in [0.25, 0.3) is 0 Å². The third kappa shape index (κ3) is 5.76. The van der Waals surface area contributed by atoms with Gasteiger partial charge in [-0.15, -0.1) is 0 Å². The highest BCUT2D eigenvalue weighted by molar-refractivity contribution is 6.30. The first kappa shape index (κ1) is 18.7. The van der Waals surface area contributed by atoms with Crippen LogP contribution in [0.3, 0.4) is 0 Å². The van der Waals surface area contributed by atoms with E-state index in [0.29, 0.717) is 16.5 Å². The molecule has 132 valence electrons. The molecule has 0 aliphatic rings. The molecule has 0 saturated heterocycles. The maximum atomic E-state index is 12.8. The summed E-state index contributed by atoms with van der Waals surface area (Å²) in [4.78, 5) is 24.0. The van der Waals surface area contributed by atoms with E-state index < -0.39 is 29.9 Å². The van der Waals surface area contributed by atoms with Gasteiger partial charge in [-0.05, 0) is 62.4 Å². The highest BCUT2D eigenvalue weighted by Crippen LogP contribution is 2.17. The van der Waals surface area contributed by atoms with E-state index in [1.54, 1.807) is 24.3 Å². The summed E-state index contributed by atoms with van der Waals surface area (Å²) >= 11 is 5.78. The summed E-state index contributed by atoms with van der Waals surface area (Å²) in [5.74, 6) is -1.17. The first-order valence-corrected chi connectivity index (χ1v) is 7.92. The molecule has 0 heterocycles. The summed E-state index contributed by atoms with van der Waals surface area (Å²) in [5.41, 5.74) is 0.403. The van der Waals surface area contributed by atoms with Gasteiger partial charge in [-0.3, -0.25) is 4.79 Å². The Morgan fingerprint density at radius 2 is 1.60 bits per heavy atom. The summed E-state index contributed by atoms with van der Waals surface area (Å²) in [5, 5.41) is 3.08. The minimum atomic E-state index is -1.03. The number of ether oxygens (including phenoxy) is 2. The molecule has 0 aliphatic carbocycles. The van der Waals surface area contributed by atoms with Crippen molar-refractivity contribution in [3.63, 3.8) is 0 Å². The van der Waals surface area contributed by atoms with Gasteiger partial charge in [0, 0.05) is 10.7 Å². The molecule has 0 spiro atoms. The number of halogens is 2. The first-order chi connectivity index (χ1) is 11.8. The molecule has 0 radical (unpaired) electrons. The summed E-state index contributed by atoms with van der Waals surface area (Å²) < 4.78 is 23.4. The van der Waals surface area contributed by atoms with Gasteiger partial charge in [0.15, 0.2) is 12.2 Å². The minimum Gasteiger partial charge on any atom is -0.479 e. The van der Waals surface area contributed by atoms with Crippen molar-refractivity contribution < 1.29 is 23.5 Å². The van der Waals surface area contributed by atoms with Crippen LogP contribution in [0.5, 0.6) is 5.75 Å². The number of nitrogens with one attached hydrogen (secondary N) is 1. The Balaban J connectivity index is 1.86. The van der Waals surface area contributed by atoms with Crippen LogP contribution in [0.2, 0.25) is 5.02 Å². The molecule has 2 aromatic rings. The molecule has 0 unspecified atom stereocenters. The summed E-state index contributed by atoms with van der Waals surface area (Å²) in [6.45, 7) is 2.95. The number of carbonyl (C=O) groups is 2. The Labute approximate surface area is 149 Å². The number of carbonyl (C=O) groups excluding carboxylic acids is 2. The minimum absolute atomic E-state index is 0.403. The van der Waals surface area contributed by atoms with Crippen molar-refractivity contribution >= 4 is 29.2 Å². The van der Waals surface area contributed by atoms with Crippen LogP contribution < -0.4 is 10.1 Å². The Kier molecular flexibility index (Phi) is 6.36. The molecule has 0 aromatic heterocycles. The van der Waals surface area contributed by atoms with Crippen LogP contribution in [-0.4, -0.2) is 24.1 Å². The molecule has 0 saturated carbocycles. The van der Waals surface area contributed by atoms with Crippen molar-refractivity contribution in [1.29, 1.82) is 0 Å². The molecule has 7 heteroatoms. The molecule has 0 bridgehead atoms. The molecule has 1 N–H and O–H groups in total. The summed E-state index contributed by atoms with van der Waals surface area (Å²) in [7, 11) is 0. The molecule has 0 fully saturated rings. The van der Waals surface area contributed by atoms with Gasteiger partial charge in [0.05, 0.1) is 0 Å². The molecule has 2 aromatic carbocycles. The van der Waals surface area contributed by atoms with Crippen LogP contribution in [0.1, 0.15) is 13.8 Å². The van der Waals surface area contributed by atoms with Gasteiger partial charge in [0.25, 0.3) is 5.91 Å². The fourth-order valence-corrected chi connectivity index (χ4v) is 1.99. The van der Waals surface area contributed by atoms with Crippen molar-refractivity contribution in [3.8, 4) is 5.75 Å². The quantitative estimate of drug-likeness (QED) is 0.790. The molecular formula is C18H17ClFNO4. The molecule has 5 nitrogen and oxygen atoms in total. The molecule has 0 aliphatic heterocycles. The van der Waals surface area contributed by atoms with Gasteiger partial charge < -0.3 is 14.8 Å². The second kappa shape index (κ2) is 8.48. The lowest BCUT2D eigenvalue weighted by atomic mass is 10.3. The van der Waals surface area contributed by atoms with Gasteiger partial charge in [0.2, 0.25) is 0 Å². The zero-order chi connectivity index (χ0) is 18.4. The number of hydrogen-bond acceptors (Lipinski definition) is 4. The standard InChI is InChI=1S/C18H17ClFNO4/c1-11(17(22)21-15-7-5-14(20)6-8-15)25-18(23)12(2)24-16-9-3-13(19)4-10-16/h3-12H,1-2H3,(H,21,22)/t11-,12+/m0/s1. The lowest BCUT2D eigenvalue weighted by molar-refractivity contribution is -0.159. The van der Waals surface area contributed by atoms with Gasteiger partial charge in [-0.2, -0.15) is 0 Å². The van der Waals surface area contributed by atoms with E-state index in [2.05, 4.69) is 5.32 Å². The zero-order valence-corrected chi connectivity index (χ0v) is 14.4. The summed E-state index contributed by atoms with van der Waals surface area (Å²) in [6, 6.07) is 11.8. The highest BCUT2D eigenvalue weighted by atomic mass is 35.5. The van der Waals surface area contributed by atoms with Crippen molar-refractivity contribution in [2.24, 2.45) is 0 Å². The number of rotatable bonds is 6. The Bertz CT molecular complexity index is 734. The smallest absolute Gasteiger partial charge is 0.347 e. The fraction of sp³-hybridized carbons (Fsp3) is 0.222. The lowest BCUT2D eigenvalue weighted by Crippen LogP contribution is -2.35. The molecule has 25 heavy (non-hydrogen) atoms. The van der Waals surface area contributed by atoms with E-state index in [0.717, 1.165) is 0 Å². The molecule has 2 atom stereocenters. The second-order valence-corrected chi connectivity index (χ2v) is 5.73. The fourth-order valence-electron chi connectivity index (χ4n) is 1.87. The van der Waals surface area contributed by atoms with Gasteiger partial charge >= 0.3 is 5.97 Å². The van der Waals surface area contributed by atoms with Crippen molar-refractivity contribution in [1.82, 2.24) is 0 Å². The van der Waals surface area contributed by atoms with Crippen LogP contribution in [0.15, 0.2) is 48.5 Å². The monoisotopic (exact) mass is 365 g/mol. The maximum Gasteiger partial charge on any atom is 0.347 e. The molecule has 1 amide bonds. The third-order valence-corrected chi connectivity index (χ3v) is 3.48. The van der Waals surface area contributed by atoms with Gasteiger partial charge in [-0.1, -0.05) is 11.6 Å². The average molecular weight is 366 g/mol. The topological polar surface area (TPSA) is 64.6 Å². The van der Waals surface area contributed by atoms with Crippen molar-refractivity contribution in [2.75, 3.05) is 5.32 Å². The number of hydrogen-bond donors (Lipinski definition) is 1. The number of esters is 1. The van der Waals surface area contributed by atoms with Crippen LogP contribution in [-0.2, 0) is 14.3 Å². The van der Waals surface area contributed by atoms with Gasteiger partial charge in [-0.25, -0.2) is 9.18 Å². The second-order valence-electron chi connectivity index (χ2n) is 5.29. The zero-order valence-electron chi connectivity index (χ0n) is 13.7. The Hall–Kier alpha value is -2.60. The van der Waals surface area contributed by atoms with Crippen molar-refractivity contribution in [2.45, 2.75) is 26.1 Å². The Morgan fingerprint density at radius 3 is 2.20 bits per heavy atom. The largest absolute Gasteiger partial charge is 0.479 e. The third-order valence-electron chi connectivity index (χ3n) is 3.23. The number of benzene rings is 2. The van der Waals surface area contributed by atoms with E-state index in [1.807, 2.05) is 0 Å². The van der Waals surface area contributed by atoms with E-state index in [-0.39, 0.29) is 0 Å². The highest BCUT2D eigenvalue weighted by Gasteiger charge is 2.23. The van der Waals surface area contributed by atoms with Crippen LogP contribution in [0.4, 0.5) is 10.1 Å². The number of anilines is 1. The number of amides is 1. The SMILES string of the molecule is C[C@H](OC(=O)[C@@H](C)Oc1ccc(Cl)cc1)C(=O)Nc1ccc(F)cc1. The van der Waals surface area contributed by atoms with Crippen molar-refractivity contribution in [3.05, 3.63) is 59.4 Å². The predicted octanol–water partition coefficient (Wildman–Crippen LogP) is 3.82. The van der Waals surface area contributed by atoms with Crippen LogP contribution in [0, 0.1) is 5.82 Å². The predicted molar refractivity (Wildman–Crippen MR) is 92.1 cm³/mol. The van der Waals surface area contributed by atoms with E-state index >= 15 is 0 Å². The lowest BCUT2D eigenvalue weighted by Gasteiger charge is -2.17. The summed E-state index contributed by atoms with van der Waals surface area (Å²) in [6.07, 6.45) is -1.93. The van der Waals surface area contributed by atoms with E-state index in [1.165, 1.54) is 38.1 Å². The van der Waals surface area contributed by atoms with E-state index in [4.69, 9.17) is 21.1 Å². The van der Waals surface area contributed by atoms with Crippen LogP contribution >= 0.6 is 11.6 Å². The first-order valence-electron chi connectivity index (χ1n) is 7.54. The average Bonchev–Trinajstić information content (AvgIpc) is 2.58.